The monoisotopic (exact) mass is 255 g/mol. The minimum absolute atomic E-state index is 0.00326. The first-order valence-electron chi connectivity index (χ1n) is 5.66. The molecule has 1 aromatic rings. The Bertz CT molecular complexity index is 461. The number of hydrogen-bond acceptors (Lipinski definition) is 5. The number of rotatable bonds is 4. The Morgan fingerprint density at radius 3 is 2.94 bits per heavy atom. The highest BCUT2D eigenvalue weighted by molar-refractivity contribution is 7.91. The molecule has 2 unspecified atom stereocenters. The Balaban J connectivity index is 2.03. The molecule has 1 saturated heterocycles. The van der Waals surface area contributed by atoms with E-state index in [0.717, 1.165) is 5.56 Å². The van der Waals surface area contributed by atoms with Crippen LogP contribution in [0.25, 0.3) is 0 Å². The maximum absolute atomic E-state index is 11.4. The molecule has 1 aromatic heterocycles. The predicted molar refractivity (Wildman–Crippen MR) is 65.8 cm³/mol. The van der Waals surface area contributed by atoms with Crippen LogP contribution in [-0.4, -0.2) is 30.9 Å². The van der Waals surface area contributed by atoms with Gasteiger partial charge in [-0.15, -0.1) is 0 Å². The number of nitrogens with two attached hydrogens (primary N) is 1. The van der Waals surface area contributed by atoms with E-state index in [1.807, 2.05) is 12.1 Å². The third-order valence-electron chi connectivity index (χ3n) is 3.23. The molecule has 1 fully saturated rings. The summed E-state index contributed by atoms with van der Waals surface area (Å²) in [6, 6.07) is 3.84. The second kappa shape index (κ2) is 5.12. The van der Waals surface area contributed by atoms with Crippen LogP contribution in [0.5, 0.6) is 0 Å². The molecule has 0 saturated carbocycles. The van der Waals surface area contributed by atoms with E-state index in [1.165, 1.54) is 0 Å². The van der Waals surface area contributed by atoms with Crippen molar-refractivity contribution in [1.82, 2.24) is 10.4 Å². The molecule has 5 nitrogen and oxygen atoms in total. The standard InChI is InChI=1S/C11H17N3O2S/c12-14-11(6-9-2-1-4-13-7-9)10-3-5-17(15,16)8-10/h1-2,4,7,10-11,14H,3,5-6,8,12H2. The molecule has 0 amide bonds. The molecule has 0 aliphatic carbocycles. The number of aromatic nitrogens is 1. The zero-order chi connectivity index (χ0) is 12.3. The van der Waals surface area contributed by atoms with Crippen molar-refractivity contribution in [3.8, 4) is 0 Å². The molecule has 94 valence electrons. The second-order valence-electron chi connectivity index (χ2n) is 4.50. The lowest BCUT2D eigenvalue weighted by Crippen LogP contribution is -2.43. The highest BCUT2D eigenvalue weighted by atomic mass is 32.2. The van der Waals surface area contributed by atoms with Crippen LogP contribution in [0, 0.1) is 5.92 Å². The Hall–Kier alpha value is -0.980. The van der Waals surface area contributed by atoms with E-state index < -0.39 is 9.84 Å². The van der Waals surface area contributed by atoms with Gasteiger partial charge in [0.2, 0.25) is 0 Å². The van der Waals surface area contributed by atoms with Gasteiger partial charge in [0.05, 0.1) is 11.5 Å². The molecule has 0 radical (unpaired) electrons. The van der Waals surface area contributed by atoms with Gasteiger partial charge < -0.3 is 0 Å². The summed E-state index contributed by atoms with van der Waals surface area (Å²) in [6.45, 7) is 0. The van der Waals surface area contributed by atoms with Gasteiger partial charge in [-0.25, -0.2) is 8.42 Å². The van der Waals surface area contributed by atoms with Crippen molar-refractivity contribution in [1.29, 1.82) is 0 Å². The van der Waals surface area contributed by atoms with E-state index in [1.54, 1.807) is 12.4 Å². The molecule has 3 N–H and O–H groups in total. The summed E-state index contributed by atoms with van der Waals surface area (Å²) in [6.07, 6.45) is 4.91. The van der Waals surface area contributed by atoms with E-state index in [-0.39, 0.29) is 23.5 Å². The highest BCUT2D eigenvalue weighted by Gasteiger charge is 2.33. The Kier molecular flexibility index (Phi) is 3.76. The minimum Gasteiger partial charge on any atom is -0.271 e. The summed E-state index contributed by atoms with van der Waals surface area (Å²) >= 11 is 0. The molecule has 2 atom stereocenters. The summed E-state index contributed by atoms with van der Waals surface area (Å²) in [4.78, 5) is 4.04. The van der Waals surface area contributed by atoms with Crippen molar-refractivity contribution < 1.29 is 8.42 Å². The van der Waals surface area contributed by atoms with Gasteiger partial charge in [0, 0.05) is 18.4 Å². The second-order valence-corrected chi connectivity index (χ2v) is 6.73. The van der Waals surface area contributed by atoms with E-state index in [0.29, 0.717) is 12.8 Å². The fraction of sp³-hybridized carbons (Fsp3) is 0.545. The summed E-state index contributed by atoms with van der Waals surface area (Å²) in [5, 5.41) is 0. The fourth-order valence-electron chi connectivity index (χ4n) is 2.28. The molecule has 0 spiro atoms. The first-order chi connectivity index (χ1) is 8.11. The van der Waals surface area contributed by atoms with Gasteiger partial charge in [-0.1, -0.05) is 6.07 Å². The van der Waals surface area contributed by atoms with Crippen molar-refractivity contribution in [3.05, 3.63) is 30.1 Å². The maximum Gasteiger partial charge on any atom is 0.150 e. The van der Waals surface area contributed by atoms with Crippen LogP contribution in [0.3, 0.4) is 0 Å². The average molecular weight is 255 g/mol. The molecule has 2 rings (SSSR count). The molecule has 1 aliphatic heterocycles. The lowest BCUT2D eigenvalue weighted by atomic mass is 9.94. The van der Waals surface area contributed by atoms with Crippen LogP contribution in [0.2, 0.25) is 0 Å². The summed E-state index contributed by atoms with van der Waals surface area (Å²) in [7, 11) is -2.85. The van der Waals surface area contributed by atoms with Gasteiger partial charge in [-0.05, 0) is 30.4 Å². The first-order valence-corrected chi connectivity index (χ1v) is 7.48. The number of nitrogens with zero attached hydrogens (tertiary/aromatic N) is 1. The average Bonchev–Trinajstić information content (AvgIpc) is 2.68. The Morgan fingerprint density at radius 1 is 1.59 bits per heavy atom. The fourth-order valence-corrected chi connectivity index (χ4v) is 4.16. The normalized spacial score (nSPS) is 24.6. The van der Waals surface area contributed by atoms with Crippen molar-refractivity contribution >= 4 is 9.84 Å². The first kappa shape index (κ1) is 12.5. The van der Waals surface area contributed by atoms with E-state index >= 15 is 0 Å². The van der Waals surface area contributed by atoms with E-state index in [2.05, 4.69) is 10.4 Å². The van der Waals surface area contributed by atoms with Gasteiger partial charge in [-0.3, -0.25) is 16.3 Å². The third-order valence-corrected chi connectivity index (χ3v) is 5.02. The van der Waals surface area contributed by atoms with E-state index in [4.69, 9.17) is 5.84 Å². The van der Waals surface area contributed by atoms with Gasteiger partial charge >= 0.3 is 0 Å². The van der Waals surface area contributed by atoms with Gasteiger partial charge in [0.25, 0.3) is 0 Å². The molecule has 1 aliphatic rings. The molecular weight excluding hydrogens is 238 g/mol. The summed E-state index contributed by atoms with van der Waals surface area (Å²) < 4.78 is 22.9. The van der Waals surface area contributed by atoms with Crippen molar-refractivity contribution in [2.75, 3.05) is 11.5 Å². The molecular formula is C11H17N3O2S. The van der Waals surface area contributed by atoms with Crippen LogP contribution in [0.15, 0.2) is 24.5 Å². The van der Waals surface area contributed by atoms with Crippen LogP contribution in [0.1, 0.15) is 12.0 Å². The molecule has 2 heterocycles. The third kappa shape index (κ3) is 3.24. The Morgan fingerprint density at radius 2 is 2.41 bits per heavy atom. The number of nitrogens with one attached hydrogen (secondary N) is 1. The minimum atomic E-state index is -2.85. The van der Waals surface area contributed by atoms with Crippen molar-refractivity contribution in [2.24, 2.45) is 11.8 Å². The molecule has 17 heavy (non-hydrogen) atoms. The van der Waals surface area contributed by atoms with Crippen LogP contribution < -0.4 is 11.3 Å². The summed E-state index contributed by atoms with van der Waals surface area (Å²) in [5.41, 5.74) is 3.81. The Labute approximate surface area is 101 Å². The van der Waals surface area contributed by atoms with Crippen LogP contribution in [0.4, 0.5) is 0 Å². The topological polar surface area (TPSA) is 85.1 Å². The molecule has 0 aromatic carbocycles. The van der Waals surface area contributed by atoms with Crippen LogP contribution >= 0.6 is 0 Å². The van der Waals surface area contributed by atoms with Crippen LogP contribution in [-0.2, 0) is 16.3 Å². The largest absolute Gasteiger partial charge is 0.271 e. The van der Waals surface area contributed by atoms with Crippen molar-refractivity contribution in [2.45, 2.75) is 18.9 Å². The van der Waals surface area contributed by atoms with Gasteiger partial charge in [0.15, 0.2) is 9.84 Å². The van der Waals surface area contributed by atoms with Gasteiger partial charge in [-0.2, -0.15) is 0 Å². The van der Waals surface area contributed by atoms with E-state index in [9.17, 15) is 8.42 Å². The number of pyridine rings is 1. The lowest BCUT2D eigenvalue weighted by molar-refractivity contribution is 0.385. The van der Waals surface area contributed by atoms with Crippen molar-refractivity contribution in [3.63, 3.8) is 0 Å². The maximum atomic E-state index is 11.4. The smallest absolute Gasteiger partial charge is 0.150 e. The number of hydrogen-bond donors (Lipinski definition) is 2. The SMILES string of the molecule is NNC(Cc1cccnc1)C1CCS(=O)(=O)C1. The zero-order valence-corrected chi connectivity index (χ0v) is 10.4. The summed E-state index contributed by atoms with van der Waals surface area (Å²) in [5.74, 6) is 6.14. The predicted octanol–water partition coefficient (Wildman–Crippen LogP) is -0.109. The molecule has 6 heteroatoms. The molecule has 0 bridgehead atoms. The van der Waals surface area contributed by atoms with Gasteiger partial charge in [0.1, 0.15) is 0 Å². The highest BCUT2D eigenvalue weighted by Crippen LogP contribution is 2.23. The zero-order valence-electron chi connectivity index (χ0n) is 9.54. The number of sulfone groups is 1. The lowest BCUT2D eigenvalue weighted by Gasteiger charge is -2.21. The quantitative estimate of drug-likeness (QED) is 0.579. The number of hydrazine groups is 1.